The van der Waals surface area contributed by atoms with Crippen LogP contribution in [0.25, 0.3) is 0 Å². The summed E-state index contributed by atoms with van der Waals surface area (Å²) in [7, 11) is 0. The van der Waals surface area contributed by atoms with Crippen LogP contribution in [-0.2, 0) is 9.59 Å². The molecule has 0 bridgehead atoms. The predicted molar refractivity (Wildman–Crippen MR) is 53.9 cm³/mol. The van der Waals surface area contributed by atoms with Crippen LogP contribution in [0, 0.1) is 11.8 Å². The summed E-state index contributed by atoms with van der Waals surface area (Å²) in [6, 6.07) is -0.720. The first-order valence-corrected chi connectivity index (χ1v) is 5.36. The molecule has 1 atom stereocenters. The molecule has 0 aliphatic carbocycles. The molecular weight excluding hydrogens is 202 g/mol. The highest BCUT2D eigenvalue weighted by molar-refractivity contribution is 7.99. The number of carbonyl (C=O) groups excluding carboxylic acids is 1. The summed E-state index contributed by atoms with van der Waals surface area (Å²) in [6.07, 6.45) is 0. The van der Waals surface area contributed by atoms with Crippen LogP contribution < -0.4 is 0 Å². The Morgan fingerprint density at radius 2 is 2.29 bits per heavy atom. The molecule has 1 heterocycles. The van der Waals surface area contributed by atoms with Crippen LogP contribution in [0.4, 0.5) is 0 Å². The molecule has 76 valence electrons. The maximum Gasteiger partial charge on any atom is 0.327 e. The number of carboxylic acid groups (broad SMARTS) is 1. The van der Waals surface area contributed by atoms with Crippen molar-refractivity contribution in [3.63, 3.8) is 0 Å². The number of carbonyl (C=O) groups is 2. The second-order valence-electron chi connectivity index (χ2n) is 2.80. The Labute approximate surface area is 86.7 Å². The van der Waals surface area contributed by atoms with Gasteiger partial charge in [-0.05, 0) is 12.8 Å². The number of aliphatic carboxylic acids is 1. The number of amides is 1. The summed E-state index contributed by atoms with van der Waals surface area (Å²) in [5.41, 5.74) is 0. The highest BCUT2D eigenvalue weighted by Crippen LogP contribution is 2.16. The molecular formula is C9H11NO3S. The van der Waals surface area contributed by atoms with Crippen LogP contribution in [-0.4, -0.2) is 46.0 Å². The normalized spacial score (nSPS) is 20.9. The van der Waals surface area contributed by atoms with Gasteiger partial charge in [0.15, 0.2) is 0 Å². The molecule has 4 nitrogen and oxygen atoms in total. The summed E-state index contributed by atoms with van der Waals surface area (Å²) in [5, 5.41) is 8.87. The maximum atomic E-state index is 11.4. The van der Waals surface area contributed by atoms with E-state index < -0.39 is 12.0 Å². The molecule has 0 spiro atoms. The second kappa shape index (κ2) is 4.91. The molecule has 1 amide bonds. The second-order valence-corrected chi connectivity index (χ2v) is 3.95. The van der Waals surface area contributed by atoms with Gasteiger partial charge in [-0.25, -0.2) is 4.79 Å². The van der Waals surface area contributed by atoms with Crippen molar-refractivity contribution in [2.45, 2.75) is 13.0 Å². The minimum Gasteiger partial charge on any atom is -0.480 e. The van der Waals surface area contributed by atoms with Crippen molar-refractivity contribution < 1.29 is 14.7 Å². The molecule has 14 heavy (non-hydrogen) atoms. The number of thioether (sulfide) groups is 1. The topological polar surface area (TPSA) is 57.6 Å². The van der Waals surface area contributed by atoms with Gasteiger partial charge in [-0.1, -0.05) is 5.92 Å². The van der Waals surface area contributed by atoms with Gasteiger partial charge < -0.3 is 10.0 Å². The highest BCUT2D eigenvalue weighted by atomic mass is 32.2. The monoisotopic (exact) mass is 213 g/mol. The van der Waals surface area contributed by atoms with Crippen molar-refractivity contribution in [1.82, 2.24) is 4.90 Å². The summed E-state index contributed by atoms with van der Waals surface area (Å²) < 4.78 is 0. The number of hydrogen-bond donors (Lipinski definition) is 1. The zero-order chi connectivity index (χ0) is 10.6. The molecule has 0 aromatic heterocycles. The quantitative estimate of drug-likeness (QED) is 0.625. The van der Waals surface area contributed by atoms with E-state index in [2.05, 4.69) is 11.8 Å². The van der Waals surface area contributed by atoms with Crippen molar-refractivity contribution in [3.8, 4) is 11.8 Å². The minimum atomic E-state index is -0.955. The van der Waals surface area contributed by atoms with Crippen molar-refractivity contribution >= 4 is 23.6 Å². The minimum absolute atomic E-state index is 0.389. The molecule has 1 rings (SSSR count). The Hall–Kier alpha value is -1.15. The van der Waals surface area contributed by atoms with E-state index in [1.807, 2.05) is 0 Å². The average molecular weight is 213 g/mol. The third-order valence-corrected chi connectivity index (χ3v) is 2.93. The first kappa shape index (κ1) is 10.9. The number of nitrogens with zero attached hydrogens (tertiary/aromatic N) is 1. The first-order chi connectivity index (χ1) is 6.66. The Bertz CT molecular complexity index is 305. The van der Waals surface area contributed by atoms with Crippen LogP contribution in [0.1, 0.15) is 6.92 Å². The Morgan fingerprint density at radius 1 is 1.57 bits per heavy atom. The van der Waals surface area contributed by atoms with Gasteiger partial charge in [0.05, 0.1) is 0 Å². The summed E-state index contributed by atoms with van der Waals surface area (Å²) in [6.45, 7) is 2.03. The van der Waals surface area contributed by atoms with Crippen LogP contribution in [0.5, 0.6) is 0 Å². The van der Waals surface area contributed by atoms with Crippen LogP contribution in [0.15, 0.2) is 0 Å². The number of hydrogen-bond acceptors (Lipinski definition) is 3. The van der Waals surface area contributed by atoms with Gasteiger partial charge >= 0.3 is 5.97 Å². The van der Waals surface area contributed by atoms with E-state index in [9.17, 15) is 9.59 Å². The van der Waals surface area contributed by atoms with Crippen LogP contribution in [0.2, 0.25) is 0 Å². The van der Waals surface area contributed by atoms with Gasteiger partial charge in [0.25, 0.3) is 5.91 Å². The van der Waals surface area contributed by atoms with E-state index in [0.29, 0.717) is 12.3 Å². The van der Waals surface area contributed by atoms with Crippen molar-refractivity contribution in [1.29, 1.82) is 0 Å². The van der Waals surface area contributed by atoms with E-state index >= 15 is 0 Å². The third-order valence-electron chi connectivity index (χ3n) is 1.91. The Kier molecular flexibility index (Phi) is 3.84. The largest absolute Gasteiger partial charge is 0.480 e. The van der Waals surface area contributed by atoms with E-state index in [-0.39, 0.29) is 5.91 Å². The lowest BCUT2D eigenvalue weighted by atomic mass is 10.2. The highest BCUT2D eigenvalue weighted by Gasteiger charge is 2.31. The molecule has 1 aliphatic rings. The smallest absolute Gasteiger partial charge is 0.327 e. The molecule has 1 N–H and O–H groups in total. The number of carboxylic acids is 1. The fourth-order valence-electron chi connectivity index (χ4n) is 1.23. The molecule has 0 radical (unpaired) electrons. The van der Waals surface area contributed by atoms with Gasteiger partial charge in [0, 0.05) is 18.1 Å². The van der Waals surface area contributed by atoms with Crippen molar-refractivity contribution in [2.75, 3.05) is 18.1 Å². The van der Waals surface area contributed by atoms with Crippen LogP contribution in [0.3, 0.4) is 0 Å². The van der Waals surface area contributed by atoms with E-state index in [1.165, 1.54) is 4.90 Å². The zero-order valence-electron chi connectivity index (χ0n) is 7.82. The maximum absolute atomic E-state index is 11.4. The lowest BCUT2D eigenvalue weighted by Crippen LogP contribution is -2.49. The lowest BCUT2D eigenvalue weighted by molar-refractivity contribution is -0.147. The zero-order valence-corrected chi connectivity index (χ0v) is 8.63. The fourth-order valence-corrected chi connectivity index (χ4v) is 2.27. The summed E-state index contributed by atoms with van der Waals surface area (Å²) >= 11 is 1.55. The molecule has 0 saturated carbocycles. The average Bonchev–Trinajstić information content (AvgIpc) is 2.18. The Balaban J connectivity index is 2.75. The summed E-state index contributed by atoms with van der Waals surface area (Å²) in [5.74, 6) is 4.73. The molecule has 1 aliphatic heterocycles. The first-order valence-electron chi connectivity index (χ1n) is 4.20. The number of rotatable bonds is 1. The van der Waals surface area contributed by atoms with E-state index in [4.69, 9.17) is 5.11 Å². The molecule has 0 aromatic carbocycles. The molecule has 1 saturated heterocycles. The van der Waals surface area contributed by atoms with E-state index in [1.54, 1.807) is 18.7 Å². The standard InChI is InChI=1S/C9H11NO3S/c1-2-3-8(11)10-4-5-14-6-7(10)9(12)13/h7H,4-6H2,1H3,(H,12,13). The van der Waals surface area contributed by atoms with Crippen molar-refractivity contribution in [2.24, 2.45) is 0 Å². The molecule has 1 fully saturated rings. The van der Waals surface area contributed by atoms with Gasteiger partial charge in [-0.2, -0.15) is 11.8 Å². The molecule has 0 aromatic rings. The van der Waals surface area contributed by atoms with Gasteiger partial charge in [0.1, 0.15) is 6.04 Å². The molecule has 1 unspecified atom stereocenters. The molecule has 5 heteroatoms. The van der Waals surface area contributed by atoms with Gasteiger partial charge in [0.2, 0.25) is 0 Å². The Morgan fingerprint density at radius 3 is 2.86 bits per heavy atom. The summed E-state index contributed by atoms with van der Waals surface area (Å²) in [4.78, 5) is 23.5. The SMILES string of the molecule is CC#CC(=O)N1CCSCC1C(=O)O. The van der Waals surface area contributed by atoms with Crippen LogP contribution >= 0.6 is 11.8 Å². The van der Waals surface area contributed by atoms with E-state index in [0.717, 1.165) is 5.75 Å². The predicted octanol–water partition coefficient (Wildman–Crippen LogP) is 0.0383. The van der Waals surface area contributed by atoms with Gasteiger partial charge in [-0.3, -0.25) is 4.79 Å². The van der Waals surface area contributed by atoms with Gasteiger partial charge in [-0.15, -0.1) is 0 Å². The lowest BCUT2D eigenvalue weighted by Gasteiger charge is -2.30. The third kappa shape index (κ3) is 2.42. The fraction of sp³-hybridized carbons (Fsp3) is 0.556. The van der Waals surface area contributed by atoms with Crippen molar-refractivity contribution in [3.05, 3.63) is 0 Å².